The first kappa shape index (κ1) is 15.6. The summed E-state index contributed by atoms with van der Waals surface area (Å²) in [7, 11) is 1.52. The van der Waals surface area contributed by atoms with E-state index in [9.17, 15) is 9.59 Å². The molecule has 2 amide bonds. The van der Waals surface area contributed by atoms with E-state index in [1.54, 1.807) is 18.2 Å². The molecule has 0 radical (unpaired) electrons. The fourth-order valence-corrected chi connectivity index (χ4v) is 2.70. The van der Waals surface area contributed by atoms with Gasteiger partial charge in [0, 0.05) is 11.7 Å². The van der Waals surface area contributed by atoms with Crippen molar-refractivity contribution >= 4 is 29.1 Å². The van der Waals surface area contributed by atoms with Crippen molar-refractivity contribution in [2.45, 2.75) is 38.1 Å². The Morgan fingerprint density at radius 2 is 2.00 bits per heavy atom. The molecule has 0 aliphatic heterocycles. The Bertz CT molecular complexity index is 528. The van der Waals surface area contributed by atoms with Crippen LogP contribution in [0.1, 0.15) is 32.1 Å². The number of nitrogens with one attached hydrogen (secondary N) is 2. The molecule has 114 valence electrons. The van der Waals surface area contributed by atoms with E-state index in [1.165, 1.54) is 7.11 Å². The number of ether oxygens (including phenoxy) is 1. The van der Waals surface area contributed by atoms with Crippen LogP contribution in [0.5, 0.6) is 5.75 Å². The van der Waals surface area contributed by atoms with Gasteiger partial charge in [-0.25, -0.2) is 0 Å². The first-order valence-corrected chi connectivity index (χ1v) is 7.39. The summed E-state index contributed by atoms with van der Waals surface area (Å²) in [6.45, 7) is 0. The Balaban J connectivity index is 1.83. The van der Waals surface area contributed by atoms with E-state index in [2.05, 4.69) is 10.6 Å². The second-order valence-electron chi connectivity index (χ2n) is 5.12. The molecular weight excluding hydrogens is 292 g/mol. The normalized spacial score (nSPS) is 14.8. The maximum Gasteiger partial charge on any atom is 0.233 e. The molecule has 0 aromatic heterocycles. The number of benzene rings is 1. The third-order valence-corrected chi connectivity index (χ3v) is 3.77. The summed E-state index contributed by atoms with van der Waals surface area (Å²) in [4.78, 5) is 23.6. The number of hydrogen-bond acceptors (Lipinski definition) is 3. The fraction of sp³-hybridized carbons (Fsp3) is 0.467. The highest BCUT2D eigenvalue weighted by Gasteiger charge is 2.18. The molecule has 0 heterocycles. The van der Waals surface area contributed by atoms with Crippen molar-refractivity contribution in [3.05, 3.63) is 23.2 Å². The molecule has 1 fully saturated rings. The number of halogens is 1. The lowest BCUT2D eigenvalue weighted by molar-refractivity contribution is -0.127. The standard InChI is InChI=1S/C15H19ClN2O3/c1-21-13-7-6-11(8-12(13)16)18-15(20)9-14(19)17-10-4-2-3-5-10/h6-8,10H,2-5,9H2,1H3,(H,17,19)(H,18,20). The lowest BCUT2D eigenvalue weighted by Gasteiger charge is -2.12. The van der Waals surface area contributed by atoms with Gasteiger partial charge in [0.05, 0.1) is 12.1 Å². The predicted molar refractivity (Wildman–Crippen MR) is 81.6 cm³/mol. The highest BCUT2D eigenvalue weighted by molar-refractivity contribution is 6.32. The van der Waals surface area contributed by atoms with Gasteiger partial charge >= 0.3 is 0 Å². The zero-order valence-electron chi connectivity index (χ0n) is 11.9. The average molecular weight is 311 g/mol. The van der Waals surface area contributed by atoms with Gasteiger partial charge < -0.3 is 15.4 Å². The number of anilines is 1. The van der Waals surface area contributed by atoms with Gasteiger partial charge in [0.1, 0.15) is 12.2 Å². The molecule has 2 N–H and O–H groups in total. The zero-order valence-corrected chi connectivity index (χ0v) is 12.7. The second kappa shape index (κ2) is 7.31. The van der Waals surface area contributed by atoms with Crippen molar-refractivity contribution in [1.82, 2.24) is 5.32 Å². The molecule has 0 bridgehead atoms. The summed E-state index contributed by atoms with van der Waals surface area (Å²) in [5, 5.41) is 5.94. The van der Waals surface area contributed by atoms with Crippen LogP contribution >= 0.6 is 11.6 Å². The summed E-state index contributed by atoms with van der Waals surface area (Å²) in [5.74, 6) is -0.0561. The van der Waals surface area contributed by atoms with Crippen molar-refractivity contribution in [3.63, 3.8) is 0 Å². The lowest BCUT2D eigenvalue weighted by Crippen LogP contribution is -2.35. The summed E-state index contributed by atoms with van der Waals surface area (Å²) < 4.78 is 5.04. The first-order valence-electron chi connectivity index (χ1n) is 7.01. The Morgan fingerprint density at radius 3 is 2.62 bits per heavy atom. The van der Waals surface area contributed by atoms with Gasteiger partial charge in [0.15, 0.2) is 0 Å². The van der Waals surface area contributed by atoms with Crippen LogP contribution in [0.4, 0.5) is 5.69 Å². The summed E-state index contributed by atoms with van der Waals surface area (Å²) in [6, 6.07) is 5.15. The molecule has 1 aromatic carbocycles. The molecule has 0 atom stereocenters. The number of amides is 2. The summed E-state index contributed by atoms with van der Waals surface area (Å²) in [6.07, 6.45) is 4.10. The van der Waals surface area contributed by atoms with Gasteiger partial charge in [-0.1, -0.05) is 24.4 Å². The zero-order chi connectivity index (χ0) is 15.2. The maximum absolute atomic E-state index is 11.8. The SMILES string of the molecule is COc1ccc(NC(=O)CC(=O)NC2CCCC2)cc1Cl. The Hall–Kier alpha value is -1.75. The van der Waals surface area contributed by atoms with E-state index in [0.29, 0.717) is 16.5 Å². The van der Waals surface area contributed by atoms with Crippen molar-refractivity contribution < 1.29 is 14.3 Å². The topological polar surface area (TPSA) is 67.4 Å². The number of rotatable bonds is 5. The fourth-order valence-electron chi connectivity index (χ4n) is 2.44. The average Bonchev–Trinajstić information content (AvgIpc) is 2.91. The van der Waals surface area contributed by atoms with E-state index in [1.807, 2.05) is 0 Å². The molecule has 21 heavy (non-hydrogen) atoms. The minimum atomic E-state index is -0.355. The van der Waals surface area contributed by atoms with Crippen LogP contribution in [-0.4, -0.2) is 25.0 Å². The summed E-state index contributed by atoms with van der Waals surface area (Å²) >= 11 is 5.98. The van der Waals surface area contributed by atoms with Crippen LogP contribution in [-0.2, 0) is 9.59 Å². The van der Waals surface area contributed by atoms with Crippen LogP contribution in [0.15, 0.2) is 18.2 Å². The Morgan fingerprint density at radius 1 is 1.29 bits per heavy atom. The quantitative estimate of drug-likeness (QED) is 0.822. The highest BCUT2D eigenvalue weighted by atomic mass is 35.5. The van der Waals surface area contributed by atoms with Gasteiger partial charge in [0.2, 0.25) is 11.8 Å². The second-order valence-corrected chi connectivity index (χ2v) is 5.53. The molecule has 6 heteroatoms. The van der Waals surface area contributed by atoms with E-state index < -0.39 is 0 Å². The van der Waals surface area contributed by atoms with Gasteiger partial charge in [-0.2, -0.15) is 0 Å². The molecule has 0 unspecified atom stereocenters. The van der Waals surface area contributed by atoms with E-state index in [0.717, 1.165) is 25.7 Å². The molecule has 5 nitrogen and oxygen atoms in total. The molecule has 1 aliphatic rings. The van der Waals surface area contributed by atoms with Crippen molar-refractivity contribution in [1.29, 1.82) is 0 Å². The Kier molecular flexibility index (Phi) is 5.44. The minimum Gasteiger partial charge on any atom is -0.495 e. The van der Waals surface area contributed by atoms with Crippen LogP contribution in [0.2, 0.25) is 5.02 Å². The van der Waals surface area contributed by atoms with E-state index in [4.69, 9.17) is 16.3 Å². The minimum absolute atomic E-state index is 0.180. The smallest absolute Gasteiger partial charge is 0.233 e. The van der Waals surface area contributed by atoms with Crippen molar-refractivity contribution in [3.8, 4) is 5.75 Å². The van der Waals surface area contributed by atoms with Gasteiger partial charge in [-0.3, -0.25) is 9.59 Å². The van der Waals surface area contributed by atoms with Gasteiger partial charge in [-0.05, 0) is 31.0 Å². The molecule has 1 saturated carbocycles. The van der Waals surface area contributed by atoms with Crippen molar-refractivity contribution in [2.24, 2.45) is 0 Å². The monoisotopic (exact) mass is 310 g/mol. The van der Waals surface area contributed by atoms with E-state index >= 15 is 0 Å². The molecule has 1 aromatic rings. The number of hydrogen-bond donors (Lipinski definition) is 2. The van der Waals surface area contributed by atoms with E-state index in [-0.39, 0.29) is 24.3 Å². The molecular formula is C15H19ClN2O3. The van der Waals surface area contributed by atoms with Crippen LogP contribution in [0.3, 0.4) is 0 Å². The van der Waals surface area contributed by atoms with Gasteiger partial charge in [0.25, 0.3) is 0 Å². The molecule has 1 aliphatic carbocycles. The number of carbonyl (C=O) groups is 2. The molecule has 2 rings (SSSR count). The number of methoxy groups -OCH3 is 1. The summed E-state index contributed by atoms with van der Waals surface area (Å²) in [5.41, 5.74) is 0.541. The highest BCUT2D eigenvalue weighted by Crippen LogP contribution is 2.27. The largest absolute Gasteiger partial charge is 0.495 e. The van der Waals surface area contributed by atoms with Crippen LogP contribution < -0.4 is 15.4 Å². The molecule has 0 saturated heterocycles. The third kappa shape index (κ3) is 4.63. The van der Waals surface area contributed by atoms with Crippen LogP contribution in [0, 0.1) is 0 Å². The predicted octanol–water partition coefficient (Wildman–Crippen LogP) is 2.74. The van der Waals surface area contributed by atoms with Gasteiger partial charge in [-0.15, -0.1) is 0 Å². The number of carbonyl (C=O) groups excluding carboxylic acids is 2. The maximum atomic E-state index is 11.8. The first-order chi connectivity index (χ1) is 10.1. The van der Waals surface area contributed by atoms with Crippen molar-refractivity contribution in [2.75, 3.05) is 12.4 Å². The van der Waals surface area contributed by atoms with Crippen LogP contribution in [0.25, 0.3) is 0 Å². The lowest BCUT2D eigenvalue weighted by atomic mass is 10.2. The third-order valence-electron chi connectivity index (χ3n) is 3.48. The molecule has 0 spiro atoms. The Labute approximate surface area is 129 Å².